The molecule has 1 spiro atoms. The number of hydrogen-bond acceptors (Lipinski definition) is 4. The molecule has 6 nitrogen and oxygen atoms in total. The van der Waals surface area contributed by atoms with E-state index in [-0.39, 0.29) is 17.9 Å². The highest BCUT2D eigenvalue weighted by Gasteiger charge is 2.52. The Morgan fingerprint density at radius 2 is 2.00 bits per heavy atom. The number of nitrogens with two attached hydrogens (primary N) is 1. The van der Waals surface area contributed by atoms with Gasteiger partial charge in [0.05, 0.1) is 16.7 Å². The van der Waals surface area contributed by atoms with Gasteiger partial charge in [-0.25, -0.2) is 0 Å². The van der Waals surface area contributed by atoms with Crippen LogP contribution in [0.3, 0.4) is 0 Å². The third kappa shape index (κ3) is 2.20. The smallest absolute Gasteiger partial charge is 0.253 e. The zero-order chi connectivity index (χ0) is 16.0. The van der Waals surface area contributed by atoms with Crippen molar-refractivity contribution in [3.05, 3.63) is 23.3 Å². The normalized spacial score (nSPS) is 22.3. The Kier molecular flexibility index (Phi) is 3.30. The van der Waals surface area contributed by atoms with Gasteiger partial charge in [0.15, 0.2) is 0 Å². The van der Waals surface area contributed by atoms with E-state index in [1.165, 1.54) is 0 Å². The van der Waals surface area contributed by atoms with Crippen molar-refractivity contribution in [2.24, 2.45) is 0 Å². The Balaban J connectivity index is 1.66. The lowest BCUT2D eigenvalue weighted by molar-refractivity contribution is -0.123. The molecule has 3 aliphatic rings. The minimum Gasteiger partial charge on any atom is -0.399 e. The summed E-state index contributed by atoms with van der Waals surface area (Å²) in [6.45, 7) is 1.83. The van der Waals surface area contributed by atoms with Crippen molar-refractivity contribution in [2.75, 3.05) is 24.1 Å². The van der Waals surface area contributed by atoms with Gasteiger partial charge in [0.1, 0.15) is 0 Å². The summed E-state index contributed by atoms with van der Waals surface area (Å²) in [4.78, 5) is 25.1. The molecular weight excluding hydrogens is 292 g/mol. The number of carbonyl (C=O) groups excluding carboxylic acids is 2. The number of benzene rings is 1. The zero-order valence-corrected chi connectivity index (χ0v) is 13.1. The van der Waals surface area contributed by atoms with Crippen LogP contribution in [0.5, 0.6) is 0 Å². The molecular formula is C17H22N4O2. The molecule has 2 heterocycles. The first kappa shape index (κ1) is 14.5. The summed E-state index contributed by atoms with van der Waals surface area (Å²) in [5, 5.41) is 9.30. The molecule has 0 unspecified atom stereocenters. The zero-order valence-electron chi connectivity index (χ0n) is 13.1. The van der Waals surface area contributed by atoms with Crippen LogP contribution in [0.1, 0.15) is 48.0 Å². The van der Waals surface area contributed by atoms with Crippen LogP contribution in [0.15, 0.2) is 12.1 Å². The number of rotatable bonds is 2. The fourth-order valence-corrected chi connectivity index (χ4v) is 3.97. The molecule has 2 aliphatic heterocycles. The van der Waals surface area contributed by atoms with E-state index < -0.39 is 5.41 Å². The quantitative estimate of drug-likeness (QED) is 0.615. The molecule has 2 amide bonds. The Morgan fingerprint density at radius 1 is 1.26 bits per heavy atom. The van der Waals surface area contributed by atoms with Crippen molar-refractivity contribution >= 4 is 23.2 Å². The highest BCUT2D eigenvalue weighted by atomic mass is 16.2. The van der Waals surface area contributed by atoms with Gasteiger partial charge in [-0.15, -0.1) is 0 Å². The van der Waals surface area contributed by atoms with E-state index in [2.05, 4.69) is 16.0 Å². The van der Waals surface area contributed by atoms with Crippen LogP contribution in [0.25, 0.3) is 0 Å². The molecule has 6 heteroatoms. The molecule has 1 aromatic rings. The predicted octanol–water partition coefficient (Wildman–Crippen LogP) is 1.12. The Morgan fingerprint density at radius 3 is 2.65 bits per heavy atom. The molecule has 0 aromatic heterocycles. The molecule has 1 aromatic carbocycles. The first-order valence-corrected chi connectivity index (χ1v) is 8.37. The number of fused-ring (bicyclic) bond motifs is 2. The fourth-order valence-electron chi connectivity index (χ4n) is 3.97. The van der Waals surface area contributed by atoms with Gasteiger partial charge < -0.3 is 21.7 Å². The molecule has 0 radical (unpaired) electrons. The molecule has 1 aliphatic carbocycles. The minimum absolute atomic E-state index is 0.0141. The topological polar surface area (TPSA) is 96.2 Å². The molecule has 23 heavy (non-hydrogen) atoms. The van der Waals surface area contributed by atoms with E-state index in [0.717, 1.165) is 50.8 Å². The first-order chi connectivity index (χ1) is 11.1. The van der Waals surface area contributed by atoms with Crippen LogP contribution < -0.4 is 21.7 Å². The molecule has 0 bridgehead atoms. The van der Waals surface area contributed by atoms with Crippen molar-refractivity contribution < 1.29 is 9.59 Å². The molecule has 1 saturated carbocycles. The fraction of sp³-hybridized carbons (Fsp3) is 0.529. The number of anilines is 2. The third-order valence-corrected chi connectivity index (χ3v) is 5.48. The molecule has 5 N–H and O–H groups in total. The Bertz CT molecular complexity index is 675. The van der Waals surface area contributed by atoms with Gasteiger partial charge in [-0.2, -0.15) is 0 Å². The molecule has 4 rings (SSSR count). The maximum atomic E-state index is 12.7. The van der Waals surface area contributed by atoms with Crippen molar-refractivity contribution in [2.45, 2.75) is 43.6 Å². The molecule has 1 saturated heterocycles. The van der Waals surface area contributed by atoms with Crippen molar-refractivity contribution in [3.63, 3.8) is 0 Å². The summed E-state index contributed by atoms with van der Waals surface area (Å²) in [7, 11) is 0. The molecule has 2 fully saturated rings. The van der Waals surface area contributed by atoms with Crippen molar-refractivity contribution in [1.29, 1.82) is 0 Å². The van der Waals surface area contributed by atoms with E-state index in [9.17, 15) is 9.59 Å². The Labute approximate surface area is 135 Å². The van der Waals surface area contributed by atoms with Crippen LogP contribution in [0, 0.1) is 0 Å². The van der Waals surface area contributed by atoms with E-state index >= 15 is 0 Å². The average molecular weight is 314 g/mol. The SMILES string of the molecule is Nc1cc(C(=O)NC2CCNCC2)c2c(c1)C1(CCC1)C(=O)N2. The maximum Gasteiger partial charge on any atom is 0.253 e. The van der Waals surface area contributed by atoms with Crippen LogP contribution in [0.2, 0.25) is 0 Å². The largest absolute Gasteiger partial charge is 0.399 e. The molecule has 0 atom stereocenters. The van der Waals surface area contributed by atoms with Gasteiger partial charge in [0.2, 0.25) is 5.91 Å². The number of hydrogen-bond donors (Lipinski definition) is 4. The lowest BCUT2D eigenvalue weighted by atomic mass is 9.65. The second kappa shape index (κ2) is 5.23. The van der Waals surface area contributed by atoms with E-state index in [1.807, 2.05) is 6.07 Å². The van der Waals surface area contributed by atoms with E-state index in [4.69, 9.17) is 5.73 Å². The van der Waals surface area contributed by atoms with Gasteiger partial charge in [0.25, 0.3) is 5.91 Å². The summed E-state index contributed by atoms with van der Waals surface area (Å²) in [5.41, 5.74) is 8.18. The Hall–Kier alpha value is -2.08. The van der Waals surface area contributed by atoms with Crippen LogP contribution in [-0.2, 0) is 10.2 Å². The average Bonchev–Trinajstić information content (AvgIpc) is 2.79. The second-order valence-corrected chi connectivity index (χ2v) is 6.88. The number of amides is 2. The summed E-state index contributed by atoms with van der Waals surface area (Å²) >= 11 is 0. The highest BCUT2D eigenvalue weighted by molar-refractivity contribution is 6.13. The number of nitrogen functional groups attached to an aromatic ring is 1. The van der Waals surface area contributed by atoms with Gasteiger partial charge in [-0.05, 0) is 56.5 Å². The van der Waals surface area contributed by atoms with E-state index in [0.29, 0.717) is 16.9 Å². The van der Waals surface area contributed by atoms with Gasteiger partial charge in [-0.1, -0.05) is 6.42 Å². The minimum atomic E-state index is -0.450. The first-order valence-electron chi connectivity index (χ1n) is 8.37. The number of piperidine rings is 1. The van der Waals surface area contributed by atoms with E-state index in [1.54, 1.807) is 6.07 Å². The van der Waals surface area contributed by atoms with Gasteiger partial charge in [-0.3, -0.25) is 9.59 Å². The standard InChI is InChI=1S/C17H22N4O2/c18-10-8-12(15(22)20-11-2-6-19-7-3-11)14-13(9-10)17(4-1-5-17)16(23)21-14/h8-9,11,19H,1-7,18H2,(H,20,22)(H,21,23). The summed E-state index contributed by atoms with van der Waals surface area (Å²) in [6.07, 6.45) is 4.56. The van der Waals surface area contributed by atoms with Crippen LogP contribution in [0.4, 0.5) is 11.4 Å². The predicted molar refractivity (Wildman–Crippen MR) is 88.4 cm³/mol. The summed E-state index contributed by atoms with van der Waals surface area (Å²) in [6, 6.07) is 3.71. The summed E-state index contributed by atoms with van der Waals surface area (Å²) < 4.78 is 0. The maximum absolute atomic E-state index is 12.7. The monoisotopic (exact) mass is 314 g/mol. The van der Waals surface area contributed by atoms with Crippen molar-refractivity contribution in [3.8, 4) is 0 Å². The lowest BCUT2D eigenvalue weighted by Crippen LogP contribution is -2.42. The van der Waals surface area contributed by atoms with Gasteiger partial charge in [0, 0.05) is 11.7 Å². The molecule has 122 valence electrons. The number of nitrogens with one attached hydrogen (secondary N) is 3. The lowest BCUT2D eigenvalue weighted by Gasteiger charge is -2.36. The van der Waals surface area contributed by atoms with Crippen LogP contribution >= 0.6 is 0 Å². The van der Waals surface area contributed by atoms with Crippen LogP contribution in [-0.4, -0.2) is 30.9 Å². The van der Waals surface area contributed by atoms with Crippen molar-refractivity contribution in [1.82, 2.24) is 10.6 Å². The summed E-state index contributed by atoms with van der Waals surface area (Å²) in [5.74, 6) is -0.127. The third-order valence-electron chi connectivity index (χ3n) is 5.48. The number of carbonyl (C=O) groups is 2. The van der Waals surface area contributed by atoms with Gasteiger partial charge >= 0.3 is 0 Å². The highest BCUT2D eigenvalue weighted by Crippen LogP contribution is 2.52. The second-order valence-electron chi connectivity index (χ2n) is 6.88.